The molecule has 6 heteroatoms. The number of anilines is 1. The topological polar surface area (TPSA) is 41.6 Å². The van der Waals surface area contributed by atoms with E-state index in [2.05, 4.69) is 5.32 Å². The monoisotopic (exact) mass is 366 g/mol. The molecule has 1 N–H and O–H groups in total. The van der Waals surface area contributed by atoms with E-state index in [9.17, 15) is 4.79 Å². The second-order valence-corrected chi connectivity index (χ2v) is 6.37. The van der Waals surface area contributed by atoms with E-state index < -0.39 is 0 Å². The van der Waals surface area contributed by atoms with E-state index in [1.807, 2.05) is 43.1 Å². The summed E-state index contributed by atoms with van der Waals surface area (Å²) < 4.78 is 5.62. The van der Waals surface area contributed by atoms with Gasteiger partial charge in [-0.1, -0.05) is 41.4 Å². The van der Waals surface area contributed by atoms with Crippen LogP contribution in [0.4, 0.5) is 5.69 Å². The molecule has 0 atom stereocenters. The fourth-order valence-electron chi connectivity index (χ4n) is 2.12. The molecular formula is C18H20Cl2N2O2. The van der Waals surface area contributed by atoms with Gasteiger partial charge in [0.25, 0.3) is 0 Å². The molecule has 24 heavy (non-hydrogen) atoms. The fourth-order valence-corrected chi connectivity index (χ4v) is 2.48. The summed E-state index contributed by atoms with van der Waals surface area (Å²) in [4.78, 5) is 14.0. The molecule has 0 radical (unpaired) electrons. The van der Waals surface area contributed by atoms with Crippen molar-refractivity contribution in [3.8, 4) is 5.75 Å². The third kappa shape index (κ3) is 5.71. The summed E-state index contributed by atoms with van der Waals surface area (Å²) in [6.45, 7) is 3.24. The first kappa shape index (κ1) is 18.6. The first-order chi connectivity index (χ1) is 11.5. The molecule has 0 fully saturated rings. The lowest BCUT2D eigenvalue weighted by molar-refractivity contribution is -0.117. The molecule has 0 unspecified atom stereocenters. The van der Waals surface area contributed by atoms with Crippen LogP contribution < -0.4 is 10.1 Å². The van der Waals surface area contributed by atoms with Gasteiger partial charge in [0.2, 0.25) is 5.91 Å². The number of rotatable bonds is 7. The Labute approximate surface area is 152 Å². The maximum atomic E-state index is 12.1. The Morgan fingerprint density at radius 3 is 2.71 bits per heavy atom. The zero-order chi connectivity index (χ0) is 17.5. The van der Waals surface area contributed by atoms with E-state index in [4.69, 9.17) is 27.9 Å². The van der Waals surface area contributed by atoms with Crippen molar-refractivity contribution >= 4 is 34.8 Å². The van der Waals surface area contributed by atoms with Crippen molar-refractivity contribution in [1.29, 1.82) is 0 Å². The van der Waals surface area contributed by atoms with Crippen LogP contribution in [-0.4, -0.2) is 37.6 Å². The number of amides is 1. The summed E-state index contributed by atoms with van der Waals surface area (Å²) in [5.41, 5.74) is 1.70. The predicted octanol–water partition coefficient (Wildman–Crippen LogP) is 4.25. The van der Waals surface area contributed by atoms with Crippen LogP contribution in [0.5, 0.6) is 5.75 Å². The van der Waals surface area contributed by atoms with E-state index in [1.54, 1.807) is 18.2 Å². The van der Waals surface area contributed by atoms with Crippen LogP contribution in [0.2, 0.25) is 10.0 Å². The second kappa shape index (κ2) is 8.92. The van der Waals surface area contributed by atoms with Gasteiger partial charge in [-0.25, -0.2) is 0 Å². The lowest BCUT2D eigenvalue weighted by Gasteiger charge is -2.17. The molecule has 128 valence electrons. The molecule has 0 heterocycles. The van der Waals surface area contributed by atoms with Gasteiger partial charge < -0.3 is 10.1 Å². The third-order valence-corrected chi connectivity index (χ3v) is 4.00. The Morgan fingerprint density at radius 2 is 1.96 bits per heavy atom. The molecule has 0 saturated heterocycles. The lowest BCUT2D eigenvalue weighted by Crippen LogP contribution is -2.33. The number of ether oxygens (including phenoxy) is 1. The smallest absolute Gasteiger partial charge is 0.238 e. The summed E-state index contributed by atoms with van der Waals surface area (Å²) in [7, 11) is 1.86. The zero-order valence-corrected chi connectivity index (χ0v) is 15.2. The molecule has 0 aromatic heterocycles. The molecule has 0 bridgehead atoms. The van der Waals surface area contributed by atoms with Gasteiger partial charge in [0.1, 0.15) is 12.4 Å². The summed E-state index contributed by atoms with van der Waals surface area (Å²) in [5.74, 6) is 0.548. The number of aryl methyl sites for hydroxylation is 1. The van der Waals surface area contributed by atoms with Crippen LogP contribution in [0.15, 0.2) is 42.5 Å². The van der Waals surface area contributed by atoms with Gasteiger partial charge in [-0.05, 0) is 43.8 Å². The molecule has 2 rings (SSSR count). The quantitative estimate of drug-likeness (QED) is 0.796. The van der Waals surface area contributed by atoms with E-state index in [0.717, 1.165) is 11.3 Å². The molecule has 0 spiro atoms. The number of benzene rings is 2. The van der Waals surface area contributed by atoms with Crippen molar-refractivity contribution in [2.45, 2.75) is 6.92 Å². The number of hydrogen-bond acceptors (Lipinski definition) is 3. The third-order valence-electron chi connectivity index (χ3n) is 3.45. The molecule has 0 aliphatic rings. The summed E-state index contributed by atoms with van der Waals surface area (Å²) in [5, 5.41) is 4.05. The number of nitrogens with one attached hydrogen (secondary N) is 1. The van der Waals surface area contributed by atoms with E-state index in [1.165, 1.54) is 0 Å². The Balaban J connectivity index is 1.77. The number of halogens is 2. The summed E-state index contributed by atoms with van der Waals surface area (Å²) >= 11 is 12.0. The van der Waals surface area contributed by atoms with Gasteiger partial charge >= 0.3 is 0 Å². The first-order valence-corrected chi connectivity index (χ1v) is 8.33. The van der Waals surface area contributed by atoms with Gasteiger partial charge in [-0.2, -0.15) is 0 Å². The van der Waals surface area contributed by atoms with Crippen LogP contribution in [0.3, 0.4) is 0 Å². The molecule has 2 aromatic carbocycles. The van der Waals surface area contributed by atoms with Crippen LogP contribution in [0.25, 0.3) is 0 Å². The number of carbonyl (C=O) groups excluding carboxylic acids is 1. The maximum Gasteiger partial charge on any atom is 0.238 e. The Kier molecular flexibility index (Phi) is 6.91. The predicted molar refractivity (Wildman–Crippen MR) is 99.3 cm³/mol. The van der Waals surface area contributed by atoms with E-state index in [0.29, 0.717) is 28.9 Å². The van der Waals surface area contributed by atoms with Gasteiger partial charge in [0.05, 0.1) is 11.6 Å². The second-order valence-electron chi connectivity index (χ2n) is 5.52. The van der Waals surface area contributed by atoms with Crippen LogP contribution in [0, 0.1) is 6.92 Å². The average molecular weight is 367 g/mol. The highest BCUT2D eigenvalue weighted by atomic mass is 35.5. The average Bonchev–Trinajstić information content (AvgIpc) is 2.52. The lowest BCUT2D eigenvalue weighted by atomic mass is 10.2. The van der Waals surface area contributed by atoms with Crippen LogP contribution in [0.1, 0.15) is 5.56 Å². The Morgan fingerprint density at radius 1 is 1.21 bits per heavy atom. The standard InChI is InChI=1S/C18H20Cl2N2O2/c1-13-7-8-14(19)11-16(13)21-18(23)12-22(2)9-10-24-17-6-4-3-5-15(17)20/h3-8,11H,9-10,12H2,1-2H3,(H,21,23). The largest absolute Gasteiger partial charge is 0.491 e. The highest BCUT2D eigenvalue weighted by Gasteiger charge is 2.09. The Bertz CT molecular complexity index is 707. The van der Waals surface area contributed by atoms with Crippen molar-refractivity contribution in [1.82, 2.24) is 4.90 Å². The SMILES string of the molecule is Cc1ccc(Cl)cc1NC(=O)CN(C)CCOc1ccccc1Cl. The molecule has 0 saturated carbocycles. The normalized spacial score (nSPS) is 10.7. The van der Waals surface area contributed by atoms with Crippen molar-refractivity contribution in [2.75, 3.05) is 32.1 Å². The summed E-state index contributed by atoms with van der Waals surface area (Å²) in [6, 6.07) is 12.7. The minimum atomic E-state index is -0.0967. The van der Waals surface area contributed by atoms with Gasteiger partial charge in [-0.3, -0.25) is 9.69 Å². The van der Waals surface area contributed by atoms with Gasteiger partial charge in [0.15, 0.2) is 0 Å². The zero-order valence-electron chi connectivity index (χ0n) is 13.7. The minimum Gasteiger partial charge on any atom is -0.491 e. The Hall–Kier alpha value is -1.75. The van der Waals surface area contributed by atoms with Crippen LogP contribution in [-0.2, 0) is 4.79 Å². The minimum absolute atomic E-state index is 0.0967. The van der Waals surface area contributed by atoms with Crippen molar-refractivity contribution in [2.24, 2.45) is 0 Å². The molecule has 4 nitrogen and oxygen atoms in total. The number of para-hydroxylation sites is 1. The molecule has 2 aromatic rings. The molecular weight excluding hydrogens is 347 g/mol. The van der Waals surface area contributed by atoms with Gasteiger partial charge in [-0.15, -0.1) is 0 Å². The molecule has 0 aliphatic carbocycles. The highest BCUT2D eigenvalue weighted by Crippen LogP contribution is 2.23. The molecule has 0 aliphatic heterocycles. The van der Waals surface area contributed by atoms with Crippen molar-refractivity contribution in [3.05, 3.63) is 58.1 Å². The van der Waals surface area contributed by atoms with E-state index >= 15 is 0 Å². The van der Waals surface area contributed by atoms with Crippen LogP contribution >= 0.6 is 23.2 Å². The van der Waals surface area contributed by atoms with Crippen molar-refractivity contribution in [3.63, 3.8) is 0 Å². The number of likely N-dealkylation sites (N-methyl/N-ethyl adjacent to an activating group) is 1. The fraction of sp³-hybridized carbons (Fsp3) is 0.278. The first-order valence-electron chi connectivity index (χ1n) is 7.57. The van der Waals surface area contributed by atoms with E-state index in [-0.39, 0.29) is 12.5 Å². The number of carbonyl (C=O) groups is 1. The number of nitrogens with zero attached hydrogens (tertiary/aromatic N) is 1. The van der Waals surface area contributed by atoms with Gasteiger partial charge in [0, 0.05) is 17.3 Å². The maximum absolute atomic E-state index is 12.1. The number of hydrogen-bond donors (Lipinski definition) is 1. The van der Waals surface area contributed by atoms with Crippen molar-refractivity contribution < 1.29 is 9.53 Å². The summed E-state index contributed by atoms with van der Waals surface area (Å²) in [6.07, 6.45) is 0. The highest BCUT2D eigenvalue weighted by molar-refractivity contribution is 6.32. The molecule has 1 amide bonds.